The van der Waals surface area contributed by atoms with Crippen LogP contribution in [0.15, 0.2) is 53.4 Å². The molecule has 1 aromatic heterocycles. The summed E-state index contributed by atoms with van der Waals surface area (Å²) in [4.78, 5) is 7.23. The normalized spacial score (nSPS) is 19.0. The van der Waals surface area contributed by atoms with Gasteiger partial charge in [-0.3, -0.25) is 0 Å². The fraction of sp³-hybridized carbons (Fsp3) is 0.348. The summed E-state index contributed by atoms with van der Waals surface area (Å²) in [6, 6.07) is 14.8. The van der Waals surface area contributed by atoms with Crippen molar-refractivity contribution in [2.45, 2.75) is 30.9 Å². The number of hydrogen-bond donors (Lipinski definition) is 3. The molecule has 164 valence electrons. The number of nitrogens with zero attached hydrogens (tertiary/aromatic N) is 2. The first-order chi connectivity index (χ1) is 14.8. The smallest absolute Gasteiger partial charge is 0.180 e. The number of aryl methyl sites for hydroxylation is 1. The average Bonchev–Trinajstić information content (AvgIpc) is 2.86. The van der Waals surface area contributed by atoms with E-state index in [0.29, 0.717) is 17.3 Å². The molecule has 2 aromatic carbocycles. The fourth-order valence-electron chi connectivity index (χ4n) is 4.02. The van der Waals surface area contributed by atoms with Crippen molar-refractivity contribution in [2.24, 2.45) is 0 Å². The molecule has 0 spiro atoms. The van der Waals surface area contributed by atoms with Crippen LogP contribution in [-0.4, -0.2) is 55.2 Å². The number of anilines is 2. The Hall–Kier alpha value is -2.68. The summed E-state index contributed by atoms with van der Waals surface area (Å²) in [5, 5.41) is 23.1. The predicted molar refractivity (Wildman–Crippen MR) is 122 cm³/mol. The van der Waals surface area contributed by atoms with Gasteiger partial charge < -0.3 is 20.4 Å². The predicted octanol–water partition coefficient (Wildman–Crippen LogP) is 2.66. The van der Waals surface area contributed by atoms with Crippen LogP contribution in [0.4, 0.5) is 11.5 Å². The molecule has 0 bridgehead atoms. The lowest BCUT2D eigenvalue weighted by Gasteiger charge is -2.29. The number of benzene rings is 2. The van der Waals surface area contributed by atoms with Crippen LogP contribution in [0, 0.1) is 6.92 Å². The molecule has 0 saturated heterocycles. The molecule has 7 nitrogen and oxygen atoms in total. The summed E-state index contributed by atoms with van der Waals surface area (Å²) in [6.45, 7) is 4.17. The number of nitrogens with one attached hydrogen (secondary N) is 1. The fourth-order valence-corrected chi connectivity index (χ4v) is 5.56. The Morgan fingerprint density at radius 1 is 1.23 bits per heavy atom. The molecule has 31 heavy (non-hydrogen) atoms. The number of rotatable bonds is 5. The average molecular weight is 442 g/mol. The van der Waals surface area contributed by atoms with Crippen molar-refractivity contribution in [3.63, 3.8) is 0 Å². The largest absolute Gasteiger partial charge is 0.394 e. The van der Waals surface area contributed by atoms with Gasteiger partial charge in [0.2, 0.25) is 0 Å². The first-order valence-corrected chi connectivity index (χ1v) is 12.0. The molecular formula is C23H27N3O4S. The summed E-state index contributed by atoms with van der Waals surface area (Å²) in [6.07, 6.45) is -0.884. The zero-order valence-electron chi connectivity index (χ0n) is 17.6. The molecule has 1 aliphatic heterocycles. The monoisotopic (exact) mass is 441 g/mol. The summed E-state index contributed by atoms with van der Waals surface area (Å²) >= 11 is 0. The maximum atomic E-state index is 12.8. The molecule has 0 fully saturated rings. The molecule has 1 aliphatic rings. The maximum Gasteiger partial charge on any atom is 0.180 e. The van der Waals surface area contributed by atoms with Gasteiger partial charge in [0.25, 0.3) is 0 Å². The van der Waals surface area contributed by atoms with E-state index in [1.54, 1.807) is 12.1 Å². The Morgan fingerprint density at radius 3 is 2.77 bits per heavy atom. The second-order valence-corrected chi connectivity index (χ2v) is 10.1. The lowest BCUT2D eigenvalue weighted by Crippen LogP contribution is -2.30. The lowest BCUT2D eigenvalue weighted by molar-refractivity contribution is 0.105. The Kier molecular flexibility index (Phi) is 5.88. The number of pyridine rings is 1. The topological polar surface area (TPSA) is 103 Å². The molecule has 4 rings (SSSR count). The van der Waals surface area contributed by atoms with Crippen LogP contribution in [0.5, 0.6) is 0 Å². The molecule has 0 radical (unpaired) electrons. The number of aliphatic hydroxyl groups is 2. The highest BCUT2D eigenvalue weighted by atomic mass is 32.2. The van der Waals surface area contributed by atoms with Crippen LogP contribution in [0.1, 0.15) is 24.1 Å². The van der Waals surface area contributed by atoms with Crippen LogP contribution in [0.25, 0.3) is 10.9 Å². The molecular weight excluding hydrogens is 414 g/mol. The van der Waals surface area contributed by atoms with E-state index in [-0.39, 0.29) is 24.9 Å². The van der Waals surface area contributed by atoms with Crippen molar-refractivity contribution >= 4 is 32.2 Å². The number of hydrogen-bond acceptors (Lipinski definition) is 7. The van der Waals surface area contributed by atoms with E-state index in [9.17, 15) is 13.5 Å². The van der Waals surface area contributed by atoms with E-state index in [1.807, 2.05) is 55.1 Å². The van der Waals surface area contributed by atoms with Crippen molar-refractivity contribution in [2.75, 3.05) is 35.7 Å². The molecule has 0 aliphatic carbocycles. The van der Waals surface area contributed by atoms with Crippen LogP contribution >= 0.6 is 0 Å². The highest BCUT2D eigenvalue weighted by Crippen LogP contribution is 2.36. The van der Waals surface area contributed by atoms with Gasteiger partial charge in [0.15, 0.2) is 9.84 Å². The molecule has 2 unspecified atom stereocenters. The standard InChI is InChI=1S/C23H27N3O4S/c1-15-7-8-20-19(11-15)21(24-13-17(28)14-27)12-23(25-20)26-9-10-31(29,30)22-6-4-3-5-18(22)16(26)2/h3-8,11-12,16-17,27-28H,9-10,13-14H2,1-2H3,(H,24,25). The minimum absolute atomic E-state index is 0.00789. The Bertz CT molecular complexity index is 1210. The van der Waals surface area contributed by atoms with Crippen LogP contribution < -0.4 is 10.2 Å². The number of aliphatic hydroxyl groups excluding tert-OH is 2. The van der Waals surface area contributed by atoms with Gasteiger partial charge in [-0.1, -0.05) is 29.8 Å². The van der Waals surface area contributed by atoms with Gasteiger partial charge in [0, 0.05) is 30.2 Å². The second-order valence-electron chi connectivity index (χ2n) is 7.99. The van der Waals surface area contributed by atoms with Gasteiger partial charge in [-0.15, -0.1) is 0 Å². The minimum atomic E-state index is -3.38. The van der Waals surface area contributed by atoms with Crippen molar-refractivity contribution in [1.82, 2.24) is 4.98 Å². The van der Waals surface area contributed by atoms with Crippen molar-refractivity contribution in [1.29, 1.82) is 0 Å². The van der Waals surface area contributed by atoms with Crippen molar-refractivity contribution in [3.8, 4) is 0 Å². The Morgan fingerprint density at radius 2 is 2.00 bits per heavy atom. The van der Waals surface area contributed by atoms with Crippen LogP contribution in [0.2, 0.25) is 0 Å². The highest BCUT2D eigenvalue weighted by molar-refractivity contribution is 7.91. The Balaban J connectivity index is 1.81. The minimum Gasteiger partial charge on any atom is -0.394 e. The third-order valence-corrected chi connectivity index (χ3v) is 7.52. The summed E-state index contributed by atoms with van der Waals surface area (Å²) in [5.41, 5.74) is 3.40. The summed E-state index contributed by atoms with van der Waals surface area (Å²) < 4.78 is 25.7. The van der Waals surface area contributed by atoms with Gasteiger partial charge in [0.1, 0.15) is 5.82 Å². The Labute approximate surface area is 182 Å². The van der Waals surface area contributed by atoms with Gasteiger partial charge in [-0.25, -0.2) is 13.4 Å². The molecule has 0 amide bonds. The first-order valence-electron chi connectivity index (χ1n) is 10.3. The third-order valence-electron chi connectivity index (χ3n) is 5.76. The molecule has 8 heteroatoms. The van der Waals surface area contributed by atoms with E-state index in [0.717, 1.165) is 27.7 Å². The second kappa shape index (κ2) is 8.45. The zero-order valence-corrected chi connectivity index (χ0v) is 18.4. The van der Waals surface area contributed by atoms with E-state index < -0.39 is 15.9 Å². The number of aromatic nitrogens is 1. The number of sulfone groups is 1. The SMILES string of the molecule is Cc1ccc2nc(N3CCS(=O)(=O)c4ccccc4C3C)cc(NCC(O)CO)c2c1. The quantitative estimate of drug-likeness (QED) is 0.559. The van der Waals surface area contributed by atoms with Crippen molar-refractivity contribution < 1.29 is 18.6 Å². The third kappa shape index (κ3) is 4.23. The molecule has 3 N–H and O–H groups in total. The molecule has 0 saturated carbocycles. The van der Waals surface area contributed by atoms with Crippen LogP contribution in [-0.2, 0) is 9.84 Å². The van der Waals surface area contributed by atoms with Gasteiger partial charge in [0.05, 0.1) is 34.9 Å². The highest BCUT2D eigenvalue weighted by Gasteiger charge is 2.31. The van der Waals surface area contributed by atoms with E-state index >= 15 is 0 Å². The summed E-state index contributed by atoms with van der Waals surface area (Å²) in [7, 11) is -3.38. The van der Waals surface area contributed by atoms with E-state index in [1.165, 1.54) is 0 Å². The molecule has 3 aromatic rings. The van der Waals surface area contributed by atoms with Crippen LogP contribution in [0.3, 0.4) is 0 Å². The van der Waals surface area contributed by atoms with Gasteiger partial charge >= 0.3 is 0 Å². The molecule has 2 heterocycles. The van der Waals surface area contributed by atoms with E-state index in [4.69, 9.17) is 10.1 Å². The zero-order chi connectivity index (χ0) is 22.2. The lowest BCUT2D eigenvalue weighted by atomic mass is 10.1. The van der Waals surface area contributed by atoms with Crippen molar-refractivity contribution in [3.05, 3.63) is 59.7 Å². The first kappa shape index (κ1) is 21.5. The summed E-state index contributed by atoms with van der Waals surface area (Å²) in [5.74, 6) is 0.672. The molecule has 2 atom stereocenters. The van der Waals surface area contributed by atoms with Gasteiger partial charge in [-0.05, 0) is 37.6 Å². The number of fused-ring (bicyclic) bond motifs is 2. The van der Waals surface area contributed by atoms with Gasteiger partial charge in [-0.2, -0.15) is 0 Å². The maximum absolute atomic E-state index is 12.8. The van der Waals surface area contributed by atoms with E-state index in [2.05, 4.69) is 5.32 Å².